The highest BCUT2D eigenvalue weighted by atomic mass is 16.4. The van der Waals surface area contributed by atoms with Gasteiger partial charge in [0.05, 0.1) is 12.2 Å². The molecule has 0 radical (unpaired) electrons. The van der Waals surface area contributed by atoms with Crippen LogP contribution in [0.15, 0.2) is 0 Å². The van der Waals surface area contributed by atoms with E-state index in [0.717, 1.165) is 0 Å². The molecule has 3 atom stereocenters. The third-order valence-electron chi connectivity index (χ3n) is 1.45. The van der Waals surface area contributed by atoms with Gasteiger partial charge in [-0.2, -0.15) is 0 Å². The van der Waals surface area contributed by atoms with E-state index >= 15 is 0 Å². The first-order valence-electron chi connectivity index (χ1n) is 3.48. The quantitative estimate of drug-likeness (QED) is 0.307. The van der Waals surface area contributed by atoms with Crippen molar-refractivity contribution in [2.24, 2.45) is 5.73 Å². The molecule has 0 aliphatic heterocycles. The van der Waals surface area contributed by atoms with Crippen LogP contribution in [0.4, 0.5) is 0 Å². The summed E-state index contributed by atoms with van der Waals surface area (Å²) in [6.45, 7) is -0.334. The number of hydrogen-bond donors (Lipinski definition) is 5. The lowest BCUT2D eigenvalue weighted by atomic mass is 10.1. The summed E-state index contributed by atoms with van der Waals surface area (Å²) >= 11 is 0. The molecule has 0 aromatic heterocycles. The summed E-state index contributed by atoms with van der Waals surface area (Å²) in [7, 11) is 0. The van der Waals surface area contributed by atoms with Crippen molar-refractivity contribution in [1.29, 1.82) is 0 Å². The Hall–Kier alpha value is -0.200. The van der Waals surface area contributed by atoms with Gasteiger partial charge in [-0.1, -0.05) is 0 Å². The molecule has 0 saturated heterocycles. The molecule has 68 valence electrons. The Morgan fingerprint density at radius 1 is 1.09 bits per heavy atom. The lowest BCUT2D eigenvalue weighted by Crippen LogP contribution is -2.41. The Kier molecular flexibility index (Phi) is 5.35. The van der Waals surface area contributed by atoms with E-state index in [2.05, 4.69) is 0 Å². The molecule has 1 unspecified atom stereocenters. The van der Waals surface area contributed by atoms with Crippen LogP contribution in [-0.2, 0) is 0 Å². The maximum Gasteiger partial charge on any atom is 0.107 e. The van der Waals surface area contributed by atoms with E-state index in [9.17, 15) is 0 Å². The Morgan fingerprint density at radius 2 is 1.64 bits per heavy atom. The molecule has 5 heteroatoms. The van der Waals surface area contributed by atoms with Crippen molar-refractivity contribution in [1.82, 2.24) is 0 Å². The summed E-state index contributed by atoms with van der Waals surface area (Å²) < 4.78 is 0. The lowest BCUT2D eigenvalue weighted by Gasteiger charge is -2.20. The van der Waals surface area contributed by atoms with Crippen LogP contribution >= 0.6 is 0 Å². The van der Waals surface area contributed by atoms with Gasteiger partial charge in [-0.15, -0.1) is 0 Å². The molecule has 6 N–H and O–H groups in total. The van der Waals surface area contributed by atoms with Crippen LogP contribution in [0.5, 0.6) is 0 Å². The second-order valence-electron chi connectivity index (χ2n) is 2.37. The maximum absolute atomic E-state index is 9.03. The van der Waals surface area contributed by atoms with E-state index < -0.39 is 18.3 Å². The van der Waals surface area contributed by atoms with E-state index in [-0.39, 0.29) is 19.6 Å². The molecule has 0 fully saturated rings. The normalized spacial score (nSPS) is 19.4. The van der Waals surface area contributed by atoms with Crippen LogP contribution < -0.4 is 5.73 Å². The smallest absolute Gasteiger partial charge is 0.107 e. The van der Waals surface area contributed by atoms with Gasteiger partial charge in [0.2, 0.25) is 0 Å². The van der Waals surface area contributed by atoms with Crippen LogP contribution in [0, 0.1) is 0 Å². The van der Waals surface area contributed by atoms with Gasteiger partial charge in [-0.25, -0.2) is 0 Å². The first-order valence-corrected chi connectivity index (χ1v) is 3.48. The molecule has 5 nitrogen and oxygen atoms in total. The van der Waals surface area contributed by atoms with Crippen LogP contribution in [0.2, 0.25) is 0 Å². The summed E-state index contributed by atoms with van der Waals surface area (Å²) in [4.78, 5) is 0. The fourth-order valence-corrected chi connectivity index (χ4v) is 0.699. The summed E-state index contributed by atoms with van der Waals surface area (Å²) in [6.07, 6.45) is -3.47. The lowest BCUT2D eigenvalue weighted by molar-refractivity contribution is -0.0617. The predicted octanol–water partition coefficient (Wildman–Crippen LogP) is -2.59. The van der Waals surface area contributed by atoms with Crippen molar-refractivity contribution < 1.29 is 20.4 Å². The summed E-state index contributed by atoms with van der Waals surface area (Å²) in [5.41, 5.74) is 5.02. The standard InChI is InChI=1S/C6H15NO4/c7-3-5(10)6(11)4(9)1-2-8/h4-6,8-11H,1-3,7H2/t4?,5-,6-/m0/s1. The Morgan fingerprint density at radius 3 is 2.00 bits per heavy atom. The van der Waals surface area contributed by atoms with Gasteiger partial charge in [0.1, 0.15) is 6.10 Å². The van der Waals surface area contributed by atoms with Crippen molar-refractivity contribution in [3.8, 4) is 0 Å². The molecule has 0 bridgehead atoms. The van der Waals surface area contributed by atoms with Crippen LogP contribution in [0.3, 0.4) is 0 Å². The molecule has 0 aromatic carbocycles. The highest BCUT2D eigenvalue weighted by Crippen LogP contribution is 2.02. The van der Waals surface area contributed by atoms with Gasteiger partial charge in [0.25, 0.3) is 0 Å². The first-order chi connectivity index (χ1) is 5.13. The van der Waals surface area contributed by atoms with Crippen molar-refractivity contribution in [2.45, 2.75) is 24.7 Å². The second kappa shape index (κ2) is 5.45. The molecule has 0 saturated carbocycles. The number of aliphatic hydroxyl groups excluding tert-OH is 4. The van der Waals surface area contributed by atoms with Crippen molar-refractivity contribution >= 4 is 0 Å². The molecule has 0 aliphatic rings. The summed E-state index contributed by atoms with van der Waals surface area (Å²) in [6, 6.07) is 0. The Labute approximate surface area is 65.1 Å². The van der Waals surface area contributed by atoms with Gasteiger partial charge in [-0.3, -0.25) is 0 Å². The third-order valence-corrected chi connectivity index (χ3v) is 1.45. The predicted molar refractivity (Wildman–Crippen MR) is 38.8 cm³/mol. The average Bonchev–Trinajstić information content (AvgIpc) is 2.02. The Balaban J connectivity index is 3.70. The first kappa shape index (κ1) is 10.8. The minimum Gasteiger partial charge on any atom is -0.396 e. The van der Waals surface area contributed by atoms with E-state index in [0.29, 0.717) is 0 Å². The molecule has 0 spiro atoms. The fourth-order valence-electron chi connectivity index (χ4n) is 0.699. The molecular formula is C6H15NO4. The zero-order valence-corrected chi connectivity index (χ0v) is 6.22. The monoisotopic (exact) mass is 165 g/mol. The molecule has 0 heterocycles. The maximum atomic E-state index is 9.03. The zero-order chi connectivity index (χ0) is 8.85. The zero-order valence-electron chi connectivity index (χ0n) is 6.22. The van der Waals surface area contributed by atoms with Crippen LogP contribution in [-0.4, -0.2) is 51.9 Å². The van der Waals surface area contributed by atoms with Crippen LogP contribution in [0.1, 0.15) is 6.42 Å². The molecule has 11 heavy (non-hydrogen) atoms. The third kappa shape index (κ3) is 3.64. The van der Waals surface area contributed by atoms with E-state index in [4.69, 9.17) is 26.2 Å². The van der Waals surface area contributed by atoms with Crippen molar-refractivity contribution in [3.63, 3.8) is 0 Å². The Bertz CT molecular complexity index is 101. The van der Waals surface area contributed by atoms with Crippen molar-refractivity contribution in [3.05, 3.63) is 0 Å². The highest BCUT2D eigenvalue weighted by Gasteiger charge is 2.22. The minimum atomic E-state index is -1.27. The fraction of sp³-hybridized carbons (Fsp3) is 1.00. The van der Waals surface area contributed by atoms with Crippen LogP contribution in [0.25, 0.3) is 0 Å². The van der Waals surface area contributed by atoms with Gasteiger partial charge in [0, 0.05) is 13.2 Å². The number of rotatable bonds is 5. The van der Waals surface area contributed by atoms with Gasteiger partial charge >= 0.3 is 0 Å². The van der Waals surface area contributed by atoms with Gasteiger partial charge in [0.15, 0.2) is 0 Å². The molecule has 0 aromatic rings. The minimum absolute atomic E-state index is 0.0399. The van der Waals surface area contributed by atoms with E-state index in [1.165, 1.54) is 0 Å². The van der Waals surface area contributed by atoms with E-state index in [1.807, 2.05) is 0 Å². The average molecular weight is 165 g/mol. The van der Waals surface area contributed by atoms with Crippen molar-refractivity contribution in [2.75, 3.05) is 13.2 Å². The number of nitrogens with two attached hydrogens (primary N) is 1. The molecule has 0 amide bonds. The summed E-state index contributed by atoms with van der Waals surface area (Å²) in [5, 5.41) is 35.3. The second-order valence-corrected chi connectivity index (χ2v) is 2.37. The molecule has 0 rings (SSSR count). The SMILES string of the molecule is NC[C@H](O)[C@@H](O)C(O)CCO. The molecule has 0 aliphatic carbocycles. The largest absolute Gasteiger partial charge is 0.396 e. The molecular weight excluding hydrogens is 150 g/mol. The number of hydrogen-bond acceptors (Lipinski definition) is 5. The topological polar surface area (TPSA) is 107 Å². The van der Waals surface area contributed by atoms with E-state index in [1.54, 1.807) is 0 Å². The highest BCUT2D eigenvalue weighted by molar-refractivity contribution is 4.75. The van der Waals surface area contributed by atoms with Gasteiger partial charge in [-0.05, 0) is 6.42 Å². The van der Waals surface area contributed by atoms with Gasteiger partial charge < -0.3 is 26.2 Å². The number of aliphatic hydroxyl groups is 4. The summed E-state index contributed by atoms with van der Waals surface area (Å²) in [5.74, 6) is 0.